The Morgan fingerprint density at radius 1 is 1.24 bits per heavy atom. The molecular formula is C20H21N3O4SU. The molecule has 0 aromatic carbocycles. The molecule has 150 valence electrons. The molecule has 2 aliphatic rings. The summed E-state index contributed by atoms with van der Waals surface area (Å²) in [7, 11) is 0. The van der Waals surface area contributed by atoms with E-state index < -0.39 is 11.9 Å². The Hall–Kier alpha value is -1.56. The molecule has 9 heteroatoms. The number of nitrogens with one attached hydrogen (secondary N) is 1. The molecule has 29 heavy (non-hydrogen) atoms. The SMILES string of the molecule is [CH2-]Cc1sc(NC(=O)C2=C(C(=O)O)CCCC2)c(-c2nc(C3CC3)no2)c1[CH2-].[U+2]. The van der Waals surface area contributed by atoms with Crippen LogP contribution in [0.5, 0.6) is 0 Å². The number of nitrogens with zero attached hydrogens (tertiary/aromatic N) is 2. The van der Waals surface area contributed by atoms with E-state index in [1.807, 2.05) is 0 Å². The van der Waals surface area contributed by atoms with Gasteiger partial charge in [-0.25, -0.2) is 21.1 Å². The smallest absolute Gasteiger partial charge is 0.478 e. The van der Waals surface area contributed by atoms with Crippen LogP contribution in [0.2, 0.25) is 0 Å². The minimum atomic E-state index is -1.03. The Morgan fingerprint density at radius 3 is 2.55 bits per heavy atom. The van der Waals surface area contributed by atoms with E-state index in [2.05, 4.69) is 29.3 Å². The van der Waals surface area contributed by atoms with Crippen molar-refractivity contribution in [2.24, 2.45) is 0 Å². The van der Waals surface area contributed by atoms with Crippen molar-refractivity contribution in [2.75, 3.05) is 5.32 Å². The molecule has 4 rings (SSSR count). The second-order valence-electron chi connectivity index (χ2n) is 7.11. The second-order valence-corrected chi connectivity index (χ2v) is 8.22. The Bertz CT molecular complexity index is 975. The Kier molecular flexibility index (Phi) is 6.92. The molecule has 1 fully saturated rings. The van der Waals surface area contributed by atoms with Crippen molar-refractivity contribution in [3.05, 3.63) is 41.3 Å². The van der Waals surface area contributed by atoms with E-state index in [9.17, 15) is 14.7 Å². The quantitative estimate of drug-likeness (QED) is 0.462. The van der Waals surface area contributed by atoms with Gasteiger partial charge in [0, 0.05) is 22.1 Å². The minimum absolute atomic E-state index is 0. The van der Waals surface area contributed by atoms with Crippen LogP contribution in [-0.4, -0.2) is 27.1 Å². The first-order chi connectivity index (χ1) is 13.5. The predicted molar refractivity (Wildman–Crippen MR) is 105 cm³/mol. The van der Waals surface area contributed by atoms with E-state index >= 15 is 0 Å². The fourth-order valence-corrected chi connectivity index (χ4v) is 4.47. The number of hydrogen-bond donors (Lipinski definition) is 2. The molecule has 0 radical (unpaired) electrons. The maximum atomic E-state index is 12.9. The van der Waals surface area contributed by atoms with Crippen LogP contribution in [0.15, 0.2) is 15.7 Å². The average Bonchev–Trinajstić information content (AvgIpc) is 3.35. The van der Waals surface area contributed by atoms with Crippen LogP contribution in [0, 0.1) is 45.0 Å². The zero-order chi connectivity index (χ0) is 19.8. The van der Waals surface area contributed by atoms with Crippen molar-refractivity contribution in [2.45, 2.75) is 50.9 Å². The fourth-order valence-electron chi connectivity index (χ4n) is 3.44. The number of aromatic nitrogens is 2. The summed E-state index contributed by atoms with van der Waals surface area (Å²) in [4.78, 5) is 29.8. The molecule has 2 heterocycles. The number of anilines is 1. The van der Waals surface area contributed by atoms with Gasteiger partial charge in [-0.15, -0.1) is 4.88 Å². The van der Waals surface area contributed by atoms with Gasteiger partial charge in [0.2, 0.25) is 5.89 Å². The van der Waals surface area contributed by atoms with Crippen LogP contribution in [0.1, 0.15) is 60.7 Å². The molecule has 0 atom stereocenters. The number of carbonyl (C=O) groups is 2. The van der Waals surface area contributed by atoms with Crippen molar-refractivity contribution in [3.63, 3.8) is 0 Å². The zero-order valence-electron chi connectivity index (χ0n) is 15.9. The summed E-state index contributed by atoms with van der Waals surface area (Å²) in [6.45, 7) is 8.02. The first-order valence-electron chi connectivity index (χ1n) is 9.37. The number of aliphatic carboxylic acids is 1. The monoisotopic (exact) mass is 637 g/mol. The minimum Gasteiger partial charge on any atom is -0.478 e. The van der Waals surface area contributed by atoms with E-state index in [0.29, 0.717) is 58.6 Å². The summed E-state index contributed by atoms with van der Waals surface area (Å²) >= 11 is 1.36. The molecule has 0 bridgehead atoms. The Morgan fingerprint density at radius 2 is 1.93 bits per heavy atom. The van der Waals surface area contributed by atoms with Gasteiger partial charge >= 0.3 is 37.1 Å². The third kappa shape index (κ3) is 4.47. The second kappa shape index (κ2) is 9.07. The van der Waals surface area contributed by atoms with Crippen LogP contribution >= 0.6 is 11.3 Å². The number of carboxylic acid groups (broad SMARTS) is 1. The summed E-state index contributed by atoms with van der Waals surface area (Å²) in [5.41, 5.74) is 1.84. The van der Waals surface area contributed by atoms with E-state index in [-0.39, 0.29) is 36.7 Å². The number of rotatable bonds is 6. The summed E-state index contributed by atoms with van der Waals surface area (Å²) in [6.07, 6.45) is 5.08. The molecule has 1 amide bonds. The van der Waals surface area contributed by atoms with Crippen molar-refractivity contribution < 1.29 is 50.3 Å². The number of thiophene rings is 1. The summed E-state index contributed by atoms with van der Waals surface area (Å²) < 4.78 is 5.45. The molecule has 7 nitrogen and oxygen atoms in total. The van der Waals surface area contributed by atoms with E-state index in [1.165, 1.54) is 11.3 Å². The zero-order valence-corrected chi connectivity index (χ0v) is 20.9. The molecule has 0 saturated heterocycles. The predicted octanol–water partition coefficient (Wildman–Crippen LogP) is 4.13. The normalized spacial score (nSPS) is 16.4. The first kappa shape index (κ1) is 22.1. The average molecular weight is 638 g/mol. The maximum Gasteiger partial charge on any atom is 2.00 e. The molecular weight excluding hydrogens is 616 g/mol. The van der Waals surface area contributed by atoms with Crippen molar-refractivity contribution in [1.29, 1.82) is 0 Å². The van der Waals surface area contributed by atoms with Crippen LogP contribution in [0.3, 0.4) is 0 Å². The number of carbonyl (C=O) groups excluding carboxylic acids is 1. The van der Waals surface area contributed by atoms with E-state index in [0.717, 1.165) is 30.6 Å². The third-order valence-corrected chi connectivity index (χ3v) is 6.35. The summed E-state index contributed by atoms with van der Waals surface area (Å²) in [5.74, 6) is -0.0672. The molecule has 0 aliphatic heterocycles. The van der Waals surface area contributed by atoms with Crippen molar-refractivity contribution in [3.8, 4) is 11.5 Å². The van der Waals surface area contributed by atoms with Crippen molar-refractivity contribution >= 4 is 28.2 Å². The van der Waals surface area contributed by atoms with Gasteiger partial charge in [-0.2, -0.15) is 18.9 Å². The molecule has 0 unspecified atom stereocenters. The van der Waals surface area contributed by atoms with Gasteiger partial charge in [0.15, 0.2) is 5.82 Å². The van der Waals surface area contributed by atoms with Gasteiger partial charge in [0.05, 0.1) is 0 Å². The number of hydrogen-bond acceptors (Lipinski definition) is 6. The fraction of sp³-hybridized carbons (Fsp3) is 0.400. The van der Waals surface area contributed by atoms with Crippen LogP contribution in [-0.2, 0) is 16.0 Å². The largest absolute Gasteiger partial charge is 2.00 e. The van der Waals surface area contributed by atoms with E-state index in [1.54, 1.807) is 0 Å². The van der Waals surface area contributed by atoms with E-state index in [4.69, 9.17) is 4.52 Å². The molecule has 2 aliphatic carbocycles. The van der Waals surface area contributed by atoms with Gasteiger partial charge in [0.1, 0.15) is 0 Å². The van der Waals surface area contributed by atoms with Gasteiger partial charge in [-0.3, -0.25) is 4.79 Å². The Balaban J connectivity index is 0.00000240. The Labute approximate surface area is 196 Å². The van der Waals surface area contributed by atoms with Crippen LogP contribution < -0.4 is 5.32 Å². The summed E-state index contributed by atoms with van der Waals surface area (Å²) in [5, 5.41) is 16.9. The maximum absolute atomic E-state index is 12.9. The first-order valence-corrected chi connectivity index (χ1v) is 10.2. The summed E-state index contributed by atoms with van der Waals surface area (Å²) in [6, 6.07) is 0. The van der Waals surface area contributed by atoms with Crippen LogP contribution in [0.25, 0.3) is 11.5 Å². The van der Waals surface area contributed by atoms with Gasteiger partial charge in [0.25, 0.3) is 5.91 Å². The molecule has 0 spiro atoms. The molecule has 2 aromatic rings. The standard InChI is InChI=1S/C20H21N3O4S.U/c1-3-14-10(2)15(18-21-16(23-27-18)11-8-9-11)19(28-14)22-17(24)12-6-4-5-7-13(12)20(25)26;/h11H,1-9H2,(H,22,24)(H,25,26);/q-2;+2. The number of carboxylic acids is 1. The molecule has 1 saturated carbocycles. The third-order valence-electron chi connectivity index (χ3n) is 5.14. The topological polar surface area (TPSA) is 105 Å². The van der Waals surface area contributed by atoms with Gasteiger partial charge in [-0.05, 0) is 44.1 Å². The van der Waals surface area contributed by atoms with Gasteiger partial charge < -0.3 is 21.9 Å². The van der Waals surface area contributed by atoms with Crippen molar-refractivity contribution in [1.82, 2.24) is 10.1 Å². The molecule has 2 aromatic heterocycles. The van der Waals surface area contributed by atoms with Crippen LogP contribution in [0.4, 0.5) is 5.00 Å². The number of amides is 1. The van der Waals surface area contributed by atoms with Gasteiger partial charge in [-0.1, -0.05) is 5.16 Å². The molecule has 2 N–H and O–H groups in total.